The number of benzene rings is 1. The van der Waals surface area contributed by atoms with Gasteiger partial charge in [0.15, 0.2) is 0 Å². The molecule has 3 N–H and O–H groups in total. The Morgan fingerprint density at radius 3 is 2.65 bits per heavy atom. The van der Waals surface area contributed by atoms with E-state index < -0.39 is 23.1 Å². The largest absolute Gasteiger partial charge is 0.506 e. The number of nitrogens with zero attached hydrogens (tertiary/aromatic N) is 1. The van der Waals surface area contributed by atoms with Gasteiger partial charge in [0.2, 0.25) is 0 Å². The van der Waals surface area contributed by atoms with Gasteiger partial charge in [-0.2, -0.15) is 0 Å². The molecule has 1 atom stereocenters. The molecule has 20 heavy (non-hydrogen) atoms. The van der Waals surface area contributed by atoms with Gasteiger partial charge in [-0.1, -0.05) is 11.6 Å². The van der Waals surface area contributed by atoms with E-state index in [0.29, 0.717) is 6.54 Å². The zero-order valence-electron chi connectivity index (χ0n) is 11.6. The minimum absolute atomic E-state index is 0.0441. The van der Waals surface area contributed by atoms with E-state index in [1.165, 1.54) is 0 Å². The fraction of sp³-hybridized carbons (Fsp3) is 0.462. The number of aromatic hydroxyl groups is 1. The number of halogens is 2. The molecule has 0 saturated carbocycles. The zero-order valence-corrected chi connectivity index (χ0v) is 12.3. The molecule has 0 aromatic heterocycles. The highest BCUT2D eigenvalue weighted by atomic mass is 35.5. The molecule has 7 heteroatoms. The Labute approximate surface area is 122 Å². The highest BCUT2D eigenvalue weighted by Crippen LogP contribution is 2.28. The lowest BCUT2D eigenvalue weighted by atomic mass is 10.1. The smallest absolute Gasteiger partial charge is 0.255 e. The highest BCUT2D eigenvalue weighted by Gasteiger charge is 2.23. The molecular formula is C13H18ClFN2O3. The molecule has 0 saturated heterocycles. The number of phenols is 1. The van der Waals surface area contributed by atoms with Gasteiger partial charge in [-0.25, -0.2) is 4.39 Å². The summed E-state index contributed by atoms with van der Waals surface area (Å²) in [5, 5.41) is 21.9. The van der Waals surface area contributed by atoms with Gasteiger partial charge >= 0.3 is 0 Å². The first-order valence-corrected chi connectivity index (χ1v) is 6.33. The quantitative estimate of drug-likeness (QED) is 0.765. The predicted molar refractivity (Wildman–Crippen MR) is 74.6 cm³/mol. The highest BCUT2D eigenvalue weighted by molar-refractivity contribution is 6.32. The maximum absolute atomic E-state index is 13.2. The van der Waals surface area contributed by atoms with Crippen LogP contribution in [0.2, 0.25) is 5.02 Å². The van der Waals surface area contributed by atoms with Crippen molar-refractivity contribution < 1.29 is 19.4 Å². The van der Waals surface area contributed by atoms with E-state index in [-0.39, 0.29) is 17.1 Å². The van der Waals surface area contributed by atoms with Crippen molar-refractivity contribution in [2.45, 2.75) is 12.5 Å². The van der Waals surface area contributed by atoms with Crippen molar-refractivity contribution in [3.63, 3.8) is 0 Å². The second-order valence-corrected chi connectivity index (χ2v) is 5.61. The van der Waals surface area contributed by atoms with Crippen LogP contribution in [-0.2, 0) is 0 Å². The summed E-state index contributed by atoms with van der Waals surface area (Å²) in [6.07, 6.45) is 0. The van der Waals surface area contributed by atoms with Crippen LogP contribution in [0.5, 0.6) is 5.75 Å². The van der Waals surface area contributed by atoms with Crippen LogP contribution in [0.4, 0.5) is 4.39 Å². The molecule has 1 amide bonds. The SMILES string of the molecule is CN(C)CC(C)(O)CNC(=O)c1cc(F)cc(Cl)c1O. The summed E-state index contributed by atoms with van der Waals surface area (Å²) < 4.78 is 13.2. The number of likely N-dealkylation sites (N-methyl/N-ethyl adjacent to an activating group) is 1. The molecule has 0 fully saturated rings. The number of amides is 1. The third kappa shape index (κ3) is 4.63. The molecule has 1 aromatic rings. The Bertz CT molecular complexity index is 507. The Morgan fingerprint density at radius 1 is 1.50 bits per heavy atom. The number of carbonyl (C=O) groups excluding carboxylic acids is 1. The van der Waals surface area contributed by atoms with E-state index in [9.17, 15) is 19.4 Å². The number of rotatable bonds is 5. The Kier molecular flexibility index (Phi) is 5.33. The van der Waals surface area contributed by atoms with Gasteiger partial charge in [0, 0.05) is 13.1 Å². The number of hydrogen-bond acceptors (Lipinski definition) is 4. The number of phenolic OH excluding ortho intramolecular Hbond substituents is 1. The topological polar surface area (TPSA) is 72.8 Å². The predicted octanol–water partition coefficient (Wildman–Crippen LogP) is 1.23. The van der Waals surface area contributed by atoms with Crippen molar-refractivity contribution in [2.24, 2.45) is 0 Å². The molecule has 0 bridgehead atoms. The first-order chi connectivity index (χ1) is 9.12. The lowest BCUT2D eigenvalue weighted by Crippen LogP contribution is -2.47. The average molecular weight is 305 g/mol. The molecule has 5 nitrogen and oxygen atoms in total. The van der Waals surface area contributed by atoms with Crippen LogP contribution in [-0.4, -0.2) is 53.8 Å². The molecule has 0 aliphatic carbocycles. The Hall–Kier alpha value is -1.37. The molecule has 0 radical (unpaired) electrons. The monoisotopic (exact) mass is 304 g/mol. The molecule has 112 valence electrons. The zero-order chi connectivity index (χ0) is 15.5. The average Bonchev–Trinajstić information content (AvgIpc) is 2.29. The molecule has 1 rings (SSSR count). The first kappa shape index (κ1) is 16.7. The molecule has 0 aliphatic heterocycles. The van der Waals surface area contributed by atoms with Gasteiger partial charge in [0.1, 0.15) is 11.6 Å². The number of carbonyl (C=O) groups is 1. The second kappa shape index (κ2) is 6.39. The lowest BCUT2D eigenvalue weighted by molar-refractivity contribution is 0.0325. The van der Waals surface area contributed by atoms with Crippen molar-refractivity contribution in [2.75, 3.05) is 27.2 Å². The van der Waals surface area contributed by atoms with Gasteiger partial charge in [-0.3, -0.25) is 4.79 Å². The number of hydrogen-bond donors (Lipinski definition) is 3. The minimum Gasteiger partial charge on any atom is -0.506 e. The molecule has 1 aromatic carbocycles. The Morgan fingerprint density at radius 2 is 2.10 bits per heavy atom. The van der Waals surface area contributed by atoms with Crippen LogP contribution in [0, 0.1) is 5.82 Å². The molecule has 0 heterocycles. The molecule has 0 aliphatic rings. The van der Waals surface area contributed by atoms with Crippen LogP contribution in [0.25, 0.3) is 0 Å². The third-order valence-corrected chi connectivity index (χ3v) is 2.85. The lowest BCUT2D eigenvalue weighted by Gasteiger charge is -2.27. The maximum atomic E-state index is 13.2. The fourth-order valence-electron chi connectivity index (χ4n) is 1.84. The van der Waals surface area contributed by atoms with Gasteiger partial charge in [-0.15, -0.1) is 0 Å². The summed E-state index contributed by atoms with van der Waals surface area (Å²) in [4.78, 5) is 13.6. The summed E-state index contributed by atoms with van der Waals surface area (Å²) in [5.74, 6) is -1.92. The van der Waals surface area contributed by atoms with E-state index in [0.717, 1.165) is 12.1 Å². The van der Waals surface area contributed by atoms with Gasteiger partial charge in [0.05, 0.1) is 16.2 Å². The van der Waals surface area contributed by atoms with Crippen LogP contribution in [0.15, 0.2) is 12.1 Å². The van der Waals surface area contributed by atoms with Crippen LogP contribution in [0.1, 0.15) is 17.3 Å². The van der Waals surface area contributed by atoms with E-state index in [4.69, 9.17) is 11.6 Å². The number of aliphatic hydroxyl groups is 1. The standard InChI is InChI=1S/C13H18ClFN2O3/c1-13(20,7-17(2)3)6-16-12(19)9-4-8(15)5-10(14)11(9)18/h4-5,18,20H,6-7H2,1-3H3,(H,16,19). The van der Waals surface area contributed by atoms with E-state index in [1.54, 1.807) is 25.9 Å². The minimum atomic E-state index is -1.15. The number of nitrogens with one attached hydrogen (secondary N) is 1. The maximum Gasteiger partial charge on any atom is 0.255 e. The van der Waals surface area contributed by atoms with Crippen LogP contribution in [0.3, 0.4) is 0 Å². The van der Waals surface area contributed by atoms with Crippen molar-refractivity contribution in [3.05, 3.63) is 28.5 Å². The molecular weight excluding hydrogens is 287 g/mol. The molecule has 1 unspecified atom stereocenters. The Balaban J connectivity index is 2.78. The van der Waals surface area contributed by atoms with Gasteiger partial charge in [0.25, 0.3) is 5.91 Å². The summed E-state index contributed by atoms with van der Waals surface area (Å²) >= 11 is 5.60. The van der Waals surface area contributed by atoms with E-state index in [2.05, 4.69) is 5.32 Å². The summed E-state index contributed by atoms with van der Waals surface area (Å²) in [6.45, 7) is 1.85. The van der Waals surface area contributed by atoms with E-state index >= 15 is 0 Å². The van der Waals surface area contributed by atoms with Crippen molar-refractivity contribution in [1.82, 2.24) is 10.2 Å². The summed E-state index contributed by atoms with van der Waals surface area (Å²) in [5.41, 5.74) is -1.41. The second-order valence-electron chi connectivity index (χ2n) is 5.20. The normalized spacial score (nSPS) is 14.2. The van der Waals surface area contributed by atoms with Crippen LogP contribution >= 0.6 is 11.6 Å². The van der Waals surface area contributed by atoms with Crippen molar-refractivity contribution in [1.29, 1.82) is 0 Å². The first-order valence-electron chi connectivity index (χ1n) is 5.96. The summed E-state index contributed by atoms with van der Waals surface area (Å²) in [7, 11) is 3.57. The third-order valence-electron chi connectivity index (χ3n) is 2.56. The van der Waals surface area contributed by atoms with Crippen molar-refractivity contribution in [3.8, 4) is 5.75 Å². The summed E-state index contributed by atoms with van der Waals surface area (Å²) in [6, 6.07) is 1.80. The molecule has 0 spiro atoms. The fourth-order valence-corrected chi connectivity index (χ4v) is 2.05. The van der Waals surface area contributed by atoms with Gasteiger partial charge in [-0.05, 0) is 33.2 Å². The van der Waals surface area contributed by atoms with Crippen molar-refractivity contribution >= 4 is 17.5 Å². The van der Waals surface area contributed by atoms with Crippen LogP contribution < -0.4 is 5.32 Å². The van der Waals surface area contributed by atoms with E-state index in [1.807, 2.05) is 0 Å². The van der Waals surface area contributed by atoms with Gasteiger partial charge < -0.3 is 20.4 Å².